The van der Waals surface area contributed by atoms with E-state index in [1.54, 1.807) is 24.3 Å². The van der Waals surface area contributed by atoms with E-state index in [1.807, 2.05) is 24.3 Å². The third-order valence-electron chi connectivity index (χ3n) is 5.96. The highest BCUT2D eigenvalue weighted by Gasteiger charge is 2.24. The number of hydrogen-bond acceptors (Lipinski definition) is 4. The van der Waals surface area contributed by atoms with Gasteiger partial charge < -0.3 is 20.4 Å². The highest BCUT2D eigenvalue weighted by Crippen LogP contribution is 2.24. The Morgan fingerprint density at radius 1 is 0.941 bits per heavy atom. The van der Waals surface area contributed by atoms with Gasteiger partial charge in [-0.25, -0.2) is 4.39 Å². The summed E-state index contributed by atoms with van der Waals surface area (Å²) in [5.41, 5.74) is 2.96. The number of carbonyl (C=O) groups is 2. The van der Waals surface area contributed by atoms with Crippen LogP contribution in [0.1, 0.15) is 27.1 Å². The van der Waals surface area contributed by atoms with Crippen LogP contribution in [0.5, 0.6) is 0 Å². The lowest BCUT2D eigenvalue weighted by atomic mass is 10.1. The van der Waals surface area contributed by atoms with E-state index in [2.05, 4.69) is 34.5 Å². The topological polar surface area (TPSA) is 64.7 Å². The van der Waals surface area contributed by atoms with Gasteiger partial charge in [-0.2, -0.15) is 0 Å². The number of anilines is 3. The maximum absolute atomic E-state index is 13.2. The lowest BCUT2D eigenvalue weighted by molar-refractivity contribution is 0.102. The van der Waals surface area contributed by atoms with Crippen molar-refractivity contribution in [3.8, 4) is 0 Å². The fourth-order valence-corrected chi connectivity index (χ4v) is 4.19. The molecule has 0 saturated carbocycles. The van der Waals surface area contributed by atoms with Crippen molar-refractivity contribution in [2.45, 2.75) is 12.5 Å². The van der Waals surface area contributed by atoms with Gasteiger partial charge in [-0.15, -0.1) is 0 Å². The van der Waals surface area contributed by atoms with Crippen molar-refractivity contribution in [1.82, 2.24) is 4.90 Å². The van der Waals surface area contributed by atoms with E-state index in [9.17, 15) is 14.0 Å². The number of hydrogen-bond donors (Lipinski definition) is 2. The van der Waals surface area contributed by atoms with Crippen molar-refractivity contribution in [1.29, 1.82) is 0 Å². The number of nitrogens with one attached hydrogen (secondary N) is 2. The quantitative estimate of drug-likeness (QED) is 0.513. The molecule has 3 aromatic carbocycles. The maximum Gasteiger partial charge on any atom is 0.257 e. The van der Waals surface area contributed by atoms with Crippen LogP contribution in [0.15, 0.2) is 66.7 Å². The molecule has 6 nitrogen and oxygen atoms in total. The first kappa shape index (κ1) is 23.7. The Bertz CT molecular complexity index is 1180. The number of benzene rings is 3. The molecule has 1 atom stereocenters. The highest BCUT2D eigenvalue weighted by molar-refractivity contribution is 6.34. The molecule has 34 heavy (non-hydrogen) atoms. The van der Waals surface area contributed by atoms with Gasteiger partial charge in [0.1, 0.15) is 5.82 Å². The average Bonchev–Trinajstić information content (AvgIpc) is 3.31. The predicted octanol–water partition coefficient (Wildman–Crippen LogP) is 5.12. The van der Waals surface area contributed by atoms with E-state index in [-0.39, 0.29) is 16.5 Å². The van der Waals surface area contributed by atoms with Gasteiger partial charge in [-0.1, -0.05) is 11.6 Å². The Labute approximate surface area is 203 Å². The summed E-state index contributed by atoms with van der Waals surface area (Å²) < 4.78 is 13.2. The van der Waals surface area contributed by atoms with Crippen LogP contribution in [0.3, 0.4) is 0 Å². The molecule has 1 aliphatic rings. The number of nitrogens with zero attached hydrogens (tertiary/aromatic N) is 2. The van der Waals surface area contributed by atoms with Gasteiger partial charge in [-0.3, -0.25) is 9.59 Å². The normalized spacial score (nSPS) is 15.4. The van der Waals surface area contributed by atoms with E-state index in [1.165, 1.54) is 12.1 Å². The standard InChI is InChI=1S/C26H26ClFN4O2/c1-31(2)22-13-14-32(16-22)21-10-8-20(9-11-21)29-25(33)17-3-6-19(7-4-17)30-26(34)23-12-5-18(28)15-24(23)27/h3-12,15,22H,13-14,16H2,1-2H3,(H,29,33)(H,30,34). The van der Waals surface area contributed by atoms with E-state index >= 15 is 0 Å². The summed E-state index contributed by atoms with van der Waals surface area (Å²) >= 11 is 5.94. The number of likely N-dealkylation sites (N-methyl/N-ethyl adjacent to an activating group) is 1. The molecule has 3 aromatic rings. The first-order valence-electron chi connectivity index (χ1n) is 11.0. The van der Waals surface area contributed by atoms with Crippen LogP contribution in [0.4, 0.5) is 21.5 Å². The van der Waals surface area contributed by atoms with Gasteiger partial charge >= 0.3 is 0 Å². The summed E-state index contributed by atoms with van der Waals surface area (Å²) in [5, 5.41) is 5.62. The van der Waals surface area contributed by atoms with Crippen molar-refractivity contribution < 1.29 is 14.0 Å². The summed E-state index contributed by atoms with van der Waals surface area (Å²) in [4.78, 5) is 29.6. The molecule has 1 heterocycles. The number of halogens is 2. The predicted molar refractivity (Wildman–Crippen MR) is 135 cm³/mol. The Morgan fingerprint density at radius 3 is 2.15 bits per heavy atom. The van der Waals surface area contributed by atoms with Crippen LogP contribution in [0.2, 0.25) is 5.02 Å². The zero-order valence-corrected chi connectivity index (χ0v) is 19.8. The molecule has 0 radical (unpaired) electrons. The van der Waals surface area contributed by atoms with Gasteiger partial charge in [0.05, 0.1) is 10.6 Å². The largest absolute Gasteiger partial charge is 0.370 e. The minimum atomic E-state index is -0.513. The summed E-state index contributed by atoms with van der Waals surface area (Å²) in [5.74, 6) is -1.22. The molecular weight excluding hydrogens is 455 g/mol. The summed E-state index contributed by atoms with van der Waals surface area (Å²) in [6, 6.07) is 18.5. The molecule has 1 aliphatic heterocycles. The van der Waals surface area contributed by atoms with Crippen LogP contribution in [-0.4, -0.2) is 49.9 Å². The van der Waals surface area contributed by atoms with E-state index in [4.69, 9.17) is 11.6 Å². The van der Waals surface area contributed by atoms with E-state index in [0.29, 0.717) is 23.0 Å². The number of rotatable bonds is 6. The zero-order valence-electron chi connectivity index (χ0n) is 19.0. The highest BCUT2D eigenvalue weighted by atomic mass is 35.5. The smallest absolute Gasteiger partial charge is 0.257 e. The average molecular weight is 481 g/mol. The molecule has 4 rings (SSSR count). The van der Waals surface area contributed by atoms with Crippen molar-refractivity contribution in [2.24, 2.45) is 0 Å². The Balaban J connectivity index is 1.34. The van der Waals surface area contributed by atoms with Crippen molar-refractivity contribution in [3.05, 3.63) is 88.7 Å². The van der Waals surface area contributed by atoms with E-state index in [0.717, 1.165) is 31.3 Å². The third kappa shape index (κ3) is 5.55. The minimum absolute atomic E-state index is 0.0294. The van der Waals surface area contributed by atoms with Gasteiger partial charge in [-0.05, 0) is 87.2 Å². The Morgan fingerprint density at radius 2 is 1.56 bits per heavy atom. The molecule has 176 valence electrons. The molecule has 0 aromatic heterocycles. The van der Waals surface area contributed by atoms with Crippen LogP contribution >= 0.6 is 11.6 Å². The van der Waals surface area contributed by atoms with Crippen LogP contribution in [0, 0.1) is 5.82 Å². The minimum Gasteiger partial charge on any atom is -0.370 e. The SMILES string of the molecule is CN(C)C1CCN(c2ccc(NC(=O)c3ccc(NC(=O)c4ccc(F)cc4Cl)cc3)cc2)C1. The second kappa shape index (κ2) is 10.2. The monoisotopic (exact) mass is 480 g/mol. The van der Waals surface area contributed by atoms with Gasteiger partial charge in [0.2, 0.25) is 0 Å². The molecule has 1 unspecified atom stereocenters. The van der Waals surface area contributed by atoms with Gasteiger partial charge in [0.25, 0.3) is 11.8 Å². The van der Waals surface area contributed by atoms with Crippen molar-refractivity contribution >= 4 is 40.5 Å². The second-order valence-electron chi connectivity index (χ2n) is 8.51. The van der Waals surface area contributed by atoms with Crippen LogP contribution < -0.4 is 15.5 Å². The summed E-state index contributed by atoms with van der Waals surface area (Å²) in [7, 11) is 4.21. The fraction of sp³-hybridized carbons (Fsp3) is 0.231. The summed E-state index contributed by atoms with van der Waals surface area (Å²) in [6.07, 6.45) is 1.14. The molecule has 0 bridgehead atoms. The second-order valence-corrected chi connectivity index (χ2v) is 8.92. The summed E-state index contributed by atoms with van der Waals surface area (Å²) in [6.45, 7) is 2.01. The lowest BCUT2D eigenvalue weighted by Crippen LogP contribution is -2.31. The van der Waals surface area contributed by atoms with Gasteiger partial charge in [0, 0.05) is 41.8 Å². The number of carbonyl (C=O) groups excluding carboxylic acids is 2. The molecular formula is C26H26ClFN4O2. The molecule has 8 heteroatoms. The van der Waals surface area contributed by atoms with E-state index < -0.39 is 11.7 Å². The van der Waals surface area contributed by atoms with Crippen LogP contribution in [-0.2, 0) is 0 Å². The Hall–Kier alpha value is -3.42. The van der Waals surface area contributed by atoms with Gasteiger partial charge in [0.15, 0.2) is 0 Å². The van der Waals surface area contributed by atoms with Crippen molar-refractivity contribution in [3.63, 3.8) is 0 Å². The molecule has 1 saturated heterocycles. The Kier molecular flexibility index (Phi) is 7.14. The van der Waals surface area contributed by atoms with Crippen LogP contribution in [0.25, 0.3) is 0 Å². The molecule has 0 aliphatic carbocycles. The number of amides is 2. The maximum atomic E-state index is 13.2. The lowest BCUT2D eigenvalue weighted by Gasteiger charge is -2.22. The first-order chi connectivity index (χ1) is 16.3. The molecule has 2 amide bonds. The first-order valence-corrected chi connectivity index (χ1v) is 11.4. The third-order valence-corrected chi connectivity index (χ3v) is 6.28. The molecule has 1 fully saturated rings. The molecule has 0 spiro atoms. The van der Waals surface area contributed by atoms with Crippen molar-refractivity contribution in [2.75, 3.05) is 42.7 Å². The molecule has 2 N–H and O–H groups in total. The zero-order chi connectivity index (χ0) is 24.2. The fourth-order valence-electron chi connectivity index (χ4n) is 3.93.